The molecule has 1 aromatic heterocycles. The van der Waals surface area contributed by atoms with Crippen molar-refractivity contribution in [1.82, 2.24) is 4.72 Å². The Labute approximate surface area is 136 Å². The number of hydrogen-bond donors (Lipinski definition) is 1. The summed E-state index contributed by atoms with van der Waals surface area (Å²) in [7, 11) is -3.43. The van der Waals surface area contributed by atoms with Crippen molar-refractivity contribution in [2.24, 2.45) is 0 Å². The Bertz CT molecular complexity index is 736. The van der Waals surface area contributed by atoms with E-state index in [0.29, 0.717) is 4.21 Å². The molecule has 1 aromatic carbocycles. The monoisotopic (exact) mass is 335 g/mol. The first kappa shape index (κ1) is 15.7. The lowest BCUT2D eigenvalue weighted by Gasteiger charge is -2.21. The van der Waals surface area contributed by atoms with Gasteiger partial charge >= 0.3 is 0 Å². The molecule has 22 heavy (non-hydrogen) atoms. The molecule has 1 aliphatic rings. The Kier molecular flexibility index (Phi) is 4.66. The highest BCUT2D eigenvalue weighted by molar-refractivity contribution is 7.91. The van der Waals surface area contributed by atoms with Gasteiger partial charge in [-0.2, -0.15) is 0 Å². The van der Waals surface area contributed by atoms with Crippen molar-refractivity contribution in [2.75, 3.05) is 0 Å². The second-order valence-corrected chi connectivity index (χ2v) is 8.64. The first-order valence-corrected chi connectivity index (χ1v) is 10.1. The molecule has 0 radical (unpaired) electrons. The van der Waals surface area contributed by atoms with E-state index in [-0.39, 0.29) is 6.04 Å². The SMILES string of the molecule is CC[C@@H](NS(=O)(=O)c1cccs1)c1ccc2c(c1)CCCC2. The number of aryl methyl sites for hydroxylation is 2. The number of rotatable bonds is 5. The average Bonchev–Trinajstić information content (AvgIpc) is 3.07. The first-order chi connectivity index (χ1) is 10.6. The van der Waals surface area contributed by atoms with Gasteiger partial charge in [0.2, 0.25) is 0 Å². The second-order valence-electron chi connectivity index (χ2n) is 5.75. The summed E-state index contributed by atoms with van der Waals surface area (Å²) in [5.74, 6) is 0. The summed E-state index contributed by atoms with van der Waals surface area (Å²) < 4.78 is 28.1. The van der Waals surface area contributed by atoms with Crippen LogP contribution in [-0.2, 0) is 22.9 Å². The molecule has 0 amide bonds. The molecule has 1 aliphatic carbocycles. The minimum Gasteiger partial charge on any atom is -0.206 e. The molecule has 1 heterocycles. The van der Waals surface area contributed by atoms with E-state index in [4.69, 9.17) is 0 Å². The summed E-state index contributed by atoms with van der Waals surface area (Å²) in [6.07, 6.45) is 5.48. The molecule has 3 rings (SSSR count). The van der Waals surface area contributed by atoms with E-state index in [0.717, 1.165) is 24.8 Å². The fourth-order valence-electron chi connectivity index (χ4n) is 3.02. The Morgan fingerprint density at radius 2 is 1.95 bits per heavy atom. The number of nitrogens with one attached hydrogen (secondary N) is 1. The summed E-state index contributed by atoms with van der Waals surface area (Å²) in [6.45, 7) is 2.01. The Balaban J connectivity index is 1.85. The van der Waals surface area contributed by atoms with Gasteiger partial charge in [0.25, 0.3) is 10.0 Å². The van der Waals surface area contributed by atoms with Crippen molar-refractivity contribution < 1.29 is 8.42 Å². The zero-order valence-corrected chi connectivity index (χ0v) is 14.3. The molecule has 1 atom stereocenters. The Morgan fingerprint density at radius 3 is 2.64 bits per heavy atom. The van der Waals surface area contributed by atoms with Crippen LogP contribution in [0.25, 0.3) is 0 Å². The normalized spacial score (nSPS) is 16.2. The third-order valence-electron chi connectivity index (χ3n) is 4.24. The minimum atomic E-state index is -3.43. The number of thiophene rings is 1. The lowest BCUT2D eigenvalue weighted by Crippen LogP contribution is -2.28. The van der Waals surface area contributed by atoms with Crippen LogP contribution in [0.4, 0.5) is 0 Å². The van der Waals surface area contributed by atoms with Crippen LogP contribution in [0.15, 0.2) is 39.9 Å². The smallest absolute Gasteiger partial charge is 0.206 e. The van der Waals surface area contributed by atoms with E-state index >= 15 is 0 Å². The summed E-state index contributed by atoms with van der Waals surface area (Å²) in [5.41, 5.74) is 3.88. The van der Waals surface area contributed by atoms with Gasteiger partial charge in [-0.3, -0.25) is 0 Å². The molecule has 0 saturated heterocycles. The number of fused-ring (bicyclic) bond motifs is 1. The third-order valence-corrected chi connectivity index (χ3v) is 7.11. The molecule has 0 spiro atoms. The fourth-order valence-corrected chi connectivity index (χ4v) is 5.34. The number of hydrogen-bond acceptors (Lipinski definition) is 3. The van der Waals surface area contributed by atoms with E-state index in [9.17, 15) is 8.42 Å². The van der Waals surface area contributed by atoms with Gasteiger partial charge in [0.1, 0.15) is 4.21 Å². The van der Waals surface area contributed by atoms with Crippen LogP contribution in [0.5, 0.6) is 0 Å². The zero-order chi connectivity index (χ0) is 15.6. The van der Waals surface area contributed by atoms with Crippen LogP contribution in [0.1, 0.15) is 48.9 Å². The Hall–Kier alpha value is -1.17. The molecular weight excluding hydrogens is 314 g/mol. The molecular formula is C17H21NO2S2. The van der Waals surface area contributed by atoms with Crippen molar-refractivity contribution in [2.45, 2.75) is 49.3 Å². The molecule has 118 valence electrons. The van der Waals surface area contributed by atoms with E-state index < -0.39 is 10.0 Å². The van der Waals surface area contributed by atoms with Crippen molar-refractivity contribution in [3.63, 3.8) is 0 Å². The maximum absolute atomic E-state index is 12.4. The van der Waals surface area contributed by atoms with Crippen LogP contribution in [-0.4, -0.2) is 8.42 Å². The molecule has 2 aromatic rings. The largest absolute Gasteiger partial charge is 0.250 e. The van der Waals surface area contributed by atoms with Gasteiger partial charge in [-0.05, 0) is 60.2 Å². The summed E-state index contributed by atoms with van der Waals surface area (Å²) in [4.78, 5) is 0. The standard InChI is InChI=1S/C17H21NO2S2/c1-2-16(18-22(19,20)17-8-5-11-21-17)15-10-9-13-6-3-4-7-14(13)12-15/h5,8-12,16,18H,2-4,6-7H2,1H3/t16-/m1/s1. The average molecular weight is 335 g/mol. The quantitative estimate of drug-likeness (QED) is 0.896. The predicted octanol–water partition coefficient (Wildman–Crippen LogP) is 4.06. The topological polar surface area (TPSA) is 46.2 Å². The van der Waals surface area contributed by atoms with Crippen molar-refractivity contribution in [3.8, 4) is 0 Å². The molecule has 0 aliphatic heterocycles. The van der Waals surface area contributed by atoms with Crippen LogP contribution >= 0.6 is 11.3 Å². The predicted molar refractivity (Wildman–Crippen MR) is 90.8 cm³/mol. The molecule has 0 unspecified atom stereocenters. The Morgan fingerprint density at radius 1 is 1.18 bits per heavy atom. The number of benzene rings is 1. The van der Waals surface area contributed by atoms with Crippen LogP contribution in [0.3, 0.4) is 0 Å². The second kappa shape index (κ2) is 6.52. The summed E-state index contributed by atoms with van der Waals surface area (Å²) in [5, 5.41) is 1.79. The molecule has 0 saturated carbocycles. The molecule has 0 bridgehead atoms. The molecule has 0 fully saturated rings. The summed E-state index contributed by atoms with van der Waals surface area (Å²) >= 11 is 1.25. The van der Waals surface area contributed by atoms with Crippen LogP contribution in [0.2, 0.25) is 0 Å². The van der Waals surface area contributed by atoms with E-state index in [2.05, 4.69) is 22.9 Å². The van der Waals surface area contributed by atoms with Gasteiger partial charge in [0.15, 0.2) is 0 Å². The molecule has 3 nitrogen and oxygen atoms in total. The van der Waals surface area contributed by atoms with Gasteiger partial charge in [0, 0.05) is 6.04 Å². The highest BCUT2D eigenvalue weighted by Gasteiger charge is 2.22. The van der Waals surface area contributed by atoms with E-state index in [1.165, 1.54) is 35.3 Å². The van der Waals surface area contributed by atoms with Crippen LogP contribution < -0.4 is 4.72 Å². The summed E-state index contributed by atoms with van der Waals surface area (Å²) in [6, 6.07) is 9.69. The molecule has 5 heteroatoms. The van der Waals surface area contributed by atoms with Gasteiger partial charge < -0.3 is 0 Å². The van der Waals surface area contributed by atoms with Gasteiger partial charge in [-0.25, -0.2) is 13.1 Å². The highest BCUT2D eigenvalue weighted by Crippen LogP contribution is 2.27. The highest BCUT2D eigenvalue weighted by atomic mass is 32.2. The van der Waals surface area contributed by atoms with Crippen LogP contribution in [0, 0.1) is 0 Å². The third kappa shape index (κ3) is 3.26. The van der Waals surface area contributed by atoms with E-state index in [1.54, 1.807) is 17.5 Å². The zero-order valence-electron chi connectivity index (χ0n) is 12.7. The van der Waals surface area contributed by atoms with Crippen molar-refractivity contribution in [3.05, 3.63) is 52.4 Å². The maximum atomic E-state index is 12.4. The lowest BCUT2D eigenvalue weighted by molar-refractivity contribution is 0.551. The van der Waals surface area contributed by atoms with Gasteiger partial charge in [0.05, 0.1) is 0 Å². The first-order valence-electron chi connectivity index (χ1n) is 7.77. The van der Waals surface area contributed by atoms with E-state index in [1.807, 2.05) is 6.92 Å². The fraction of sp³-hybridized carbons (Fsp3) is 0.412. The number of sulfonamides is 1. The minimum absolute atomic E-state index is 0.167. The van der Waals surface area contributed by atoms with Gasteiger partial charge in [-0.15, -0.1) is 11.3 Å². The maximum Gasteiger partial charge on any atom is 0.250 e. The molecule has 1 N–H and O–H groups in total. The van der Waals surface area contributed by atoms with Crippen molar-refractivity contribution >= 4 is 21.4 Å². The lowest BCUT2D eigenvalue weighted by atomic mass is 9.89. The van der Waals surface area contributed by atoms with Crippen molar-refractivity contribution in [1.29, 1.82) is 0 Å². The van der Waals surface area contributed by atoms with Gasteiger partial charge in [-0.1, -0.05) is 31.2 Å².